The molecule has 5 heteroatoms. The summed E-state index contributed by atoms with van der Waals surface area (Å²) in [7, 11) is 8.25. The van der Waals surface area contributed by atoms with Gasteiger partial charge in [-0.25, -0.2) is 0 Å². The molecule has 0 unspecified atom stereocenters. The summed E-state index contributed by atoms with van der Waals surface area (Å²) in [6.45, 7) is 0. The normalized spacial score (nSPS) is 15.4. The fourth-order valence-corrected chi connectivity index (χ4v) is 3.80. The number of ether oxygens (including phenoxy) is 5. The van der Waals surface area contributed by atoms with Gasteiger partial charge in [0.1, 0.15) is 0 Å². The van der Waals surface area contributed by atoms with Gasteiger partial charge in [-0.05, 0) is 60.6 Å². The lowest BCUT2D eigenvalue weighted by atomic mass is 9.87. The zero-order valence-electron chi connectivity index (χ0n) is 17.3. The van der Waals surface area contributed by atoms with Gasteiger partial charge in [0.05, 0.1) is 35.5 Å². The van der Waals surface area contributed by atoms with Crippen molar-refractivity contribution < 1.29 is 23.7 Å². The van der Waals surface area contributed by atoms with Crippen LogP contribution in [0.5, 0.6) is 28.7 Å². The van der Waals surface area contributed by atoms with Crippen LogP contribution in [-0.2, 0) is 6.42 Å². The van der Waals surface area contributed by atoms with Gasteiger partial charge >= 0.3 is 0 Å². The molecule has 28 heavy (non-hydrogen) atoms. The van der Waals surface area contributed by atoms with E-state index in [1.54, 1.807) is 35.5 Å². The Morgan fingerprint density at radius 1 is 0.679 bits per heavy atom. The number of benzene rings is 2. The number of fused-ring (bicyclic) bond motifs is 1. The maximum atomic E-state index is 5.72. The molecule has 3 rings (SSSR count). The molecule has 0 N–H and O–H groups in total. The Balaban J connectivity index is 2.23. The lowest BCUT2D eigenvalue weighted by Crippen LogP contribution is -2.04. The molecule has 0 amide bonds. The highest BCUT2D eigenvalue weighted by molar-refractivity contribution is 5.85. The molecular formula is C23H28O5. The van der Waals surface area contributed by atoms with E-state index in [1.807, 2.05) is 18.2 Å². The SMILES string of the molecule is COc1cc(/C2=C/CCCCc3c2ccc(OC)c3OC)cc(OC)c1OC. The Bertz CT molecular complexity index is 845. The molecular weight excluding hydrogens is 356 g/mol. The second-order valence-corrected chi connectivity index (χ2v) is 6.60. The summed E-state index contributed by atoms with van der Waals surface area (Å²) in [5, 5.41) is 0. The Morgan fingerprint density at radius 3 is 1.89 bits per heavy atom. The van der Waals surface area contributed by atoms with E-state index in [-0.39, 0.29) is 0 Å². The van der Waals surface area contributed by atoms with Crippen LogP contribution < -0.4 is 23.7 Å². The van der Waals surface area contributed by atoms with E-state index in [0.717, 1.165) is 53.9 Å². The van der Waals surface area contributed by atoms with Gasteiger partial charge in [0.2, 0.25) is 5.75 Å². The molecule has 0 bridgehead atoms. The highest BCUT2D eigenvalue weighted by atomic mass is 16.5. The van der Waals surface area contributed by atoms with Crippen molar-refractivity contribution in [3.63, 3.8) is 0 Å². The molecule has 2 aromatic rings. The van der Waals surface area contributed by atoms with Gasteiger partial charge < -0.3 is 23.7 Å². The van der Waals surface area contributed by atoms with Crippen molar-refractivity contribution in [3.8, 4) is 28.7 Å². The zero-order valence-corrected chi connectivity index (χ0v) is 17.3. The first kappa shape index (κ1) is 19.9. The van der Waals surface area contributed by atoms with Gasteiger partial charge in [-0.15, -0.1) is 0 Å². The van der Waals surface area contributed by atoms with E-state index in [4.69, 9.17) is 23.7 Å². The van der Waals surface area contributed by atoms with Crippen LogP contribution in [0.3, 0.4) is 0 Å². The van der Waals surface area contributed by atoms with E-state index < -0.39 is 0 Å². The molecule has 1 aliphatic carbocycles. The zero-order chi connectivity index (χ0) is 20.1. The molecule has 0 atom stereocenters. The minimum absolute atomic E-state index is 0.590. The Kier molecular flexibility index (Phi) is 6.34. The molecule has 150 valence electrons. The second kappa shape index (κ2) is 8.91. The highest BCUT2D eigenvalue weighted by Gasteiger charge is 2.22. The third kappa shape index (κ3) is 3.61. The van der Waals surface area contributed by atoms with Gasteiger partial charge in [-0.2, -0.15) is 0 Å². The fourth-order valence-electron chi connectivity index (χ4n) is 3.80. The van der Waals surface area contributed by atoms with Crippen LogP contribution in [0.15, 0.2) is 30.3 Å². The number of rotatable bonds is 6. The molecule has 5 nitrogen and oxygen atoms in total. The van der Waals surface area contributed by atoms with Gasteiger partial charge in [0.15, 0.2) is 23.0 Å². The quantitative estimate of drug-likeness (QED) is 0.710. The van der Waals surface area contributed by atoms with E-state index in [1.165, 1.54) is 5.56 Å². The number of hydrogen-bond donors (Lipinski definition) is 0. The first-order valence-electron chi connectivity index (χ1n) is 9.43. The van der Waals surface area contributed by atoms with Crippen LogP contribution in [0.2, 0.25) is 0 Å². The lowest BCUT2D eigenvalue weighted by molar-refractivity contribution is 0.324. The maximum absolute atomic E-state index is 5.72. The number of hydrogen-bond acceptors (Lipinski definition) is 5. The standard InChI is InChI=1S/C23H28O5/c1-24-19-12-11-17-16(9-7-6-8-10-18(17)22(19)27-4)15-13-20(25-2)23(28-5)21(14-15)26-3/h9,11-14H,6-8,10H2,1-5H3/b16-9-. The first-order valence-corrected chi connectivity index (χ1v) is 9.43. The summed E-state index contributed by atoms with van der Waals surface area (Å²) in [5.41, 5.74) is 4.47. The van der Waals surface area contributed by atoms with Crippen molar-refractivity contribution >= 4 is 5.57 Å². The molecule has 1 aliphatic rings. The van der Waals surface area contributed by atoms with Crippen molar-refractivity contribution in [2.24, 2.45) is 0 Å². The predicted molar refractivity (Wildman–Crippen MR) is 110 cm³/mol. The molecule has 0 spiro atoms. The summed E-state index contributed by atoms with van der Waals surface area (Å²) in [4.78, 5) is 0. The Morgan fingerprint density at radius 2 is 1.32 bits per heavy atom. The molecule has 0 aromatic heterocycles. The summed E-state index contributed by atoms with van der Waals surface area (Å²) < 4.78 is 27.8. The maximum Gasteiger partial charge on any atom is 0.203 e. The van der Waals surface area contributed by atoms with Gasteiger partial charge in [-0.1, -0.05) is 12.1 Å². The average molecular weight is 384 g/mol. The highest BCUT2D eigenvalue weighted by Crippen LogP contribution is 2.44. The second-order valence-electron chi connectivity index (χ2n) is 6.60. The predicted octanol–water partition coefficient (Wildman–Crippen LogP) is 4.89. The fraction of sp³-hybridized carbons (Fsp3) is 0.391. The van der Waals surface area contributed by atoms with Crippen LogP contribution in [0.1, 0.15) is 36.0 Å². The lowest BCUT2D eigenvalue weighted by Gasteiger charge is -2.22. The smallest absolute Gasteiger partial charge is 0.203 e. The Hall–Kier alpha value is -2.82. The summed E-state index contributed by atoms with van der Waals surface area (Å²) in [6.07, 6.45) is 6.46. The molecule has 0 aliphatic heterocycles. The third-order valence-electron chi connectivity index (χ3n) is 5.14. The monoisotopic (exact) mass is 384 g/mol. The molecule has 0 saturated heterocycles. The first-order chi connectivity index (χ1) is 13.7. The van der Waals surface area contributed by atoms with Crippen LogP contribution >= 0.6 is 0 Å². The van der Waals surface area contributed by atoms with Gasteiger partial charge in [-0.3, -0.25) is 0 Å². The van der Waals surface area contributed by atoms with Gasteiger partial charge in [0.25, 0.3) is 0 Å². The molecule has 2 aromatic carbocycles. The van der Waals surface area contributed by atoms with E-state index >= 15 is 0 Å². The van der Waals surface area contributed by atoms with Crippen molar-refractivity contribution in [2.45, 2.75) is 25.7 Å². The van der Waals surface area contributed by atoms with E-state index in [0.29, 0.717) is 17.2 Å². The third-order valence-corrected chi connectivity index (χ3v) is 5.14. The summed E-state index contributed by atoms with van der Waals surface area (Å²) in [5.74, 6) is 3.43. The average Bonchev–Trinajstić information content (AvgIpc) is 2.72. The minimum atomic E-state index is 0.590. The van der Waals surface area contributed by atoms with Crippen LogP contribution in [0.25, 0.3) is 5.57 Å². The number of methoxy groups -OCH3 is 5. The van der Waals surface area contributed by atoms with Crippen molar-refractivity contribution in [3.05, 3.63) is 47.0 Å². The van der Waals surface area contributed by atoms with E-state index in [9.17, 15) is 0 Å². The minimum Gasteiger partial charge on any atom is -0.493 e. The molecule has 0 radical (unpaired) electrons. The van der Waals surface area contributed by atoms with Crippen molar-refractivity contribution in [2.75, 3.05) is 35.5 Å². The Labute approximate surface area is 166 Å². The largest absolute Gasteiger partial charge is 0.493 e. The van der Waals surface area contributed by atoms with Gasteiger partial charge in [0, 0.05) is 5.56 Å². The molecule has 0 heterocycles. The van der Waals surface area contributed by atoms with Crippen LogP contribution in [-0.4, -0.2) is 35.5 Å². The van der Waals surface area contributed by atoms with Crippen LogP contribution in [0, 0.1) is 0 Å². The summed E-state index contributed by atoms with van der Waals surface area (Å²) in [6, 6.07) is 8.06. The van der Waals surface area contributed by atoms with Crippen molar-refractivity contribution in [1.29, 1.82) is 0 Å². The van der Waals surface area contributed by atoms with Crippen LogP contribution in [0.4, 0.5) is 0 Å². The molecule has 0 saturated carbocycles. The van der Waals surface area contributed by atoms with Crippen molar-refractivity contribution in [1.82, 2.24) is 0 Å². The topological polar surface area (TPSA) is 46.2 Å². The number of allylic oxidation sites excluding steroid dienone is 1. The summed E-state index contributed by atoms with van der Waals surface area (Å²) >= 11 is 0. The van der Waals surface area contributed by atoms with E-state index in [2.05, 4.69) is 12.1 Å². The molecule has 0 fully saturated rings.